The van der Waals surface area contributed by atoms with Gasteiger partial charge in [-0.1, -0.05) is 67.1 Å². The lowest BCUT2D eigenvalue weighted by atomic mass is 10.0. The molecule has 0 N–H and O–H groups in total. The minimum absolute atomic E-state index is 0.185. The fourth-order valence-electron chi connectivity index (χ4n) is 2.02. The Morgan fingerprint density at radius 2 is 1.96 bits per heavy atom. The van der Waals surface area contributed by atoms with Gasteiger partial charge in [-0.05, 0) is 18.4 Å². The number of carbonyl (C=O) groups excluding carboxylic acids is 1. The minimum Gasteiger partial charge on any atom is -0.382 e. The molecule has 0 saturated heterocycles. The molecule has 23 heavy (non-hydrogen) atoms. The van der Waals surface area contributed by atoms with Crippen molar-refractivity contribution in [3.8, 4) is 0 Å². The van der Waals surface area contributed by atoms with Gasteiger partial charge in [0.2, 0.25) is 0 Å². The highest BCUT2D eigenvalue weighted by Gasteiger charge is 2.16. The molecule has 2 atom stereocenters. The zero-order valence-electron chi connectivity index (χ0n) is 13.8. The topological polar surface area (TPSA) is 35.5 Å². The maximum atomic E-state index is 10.0. The molecule has 0 radical (unpaired) electrons. The van der Waals surface area contributed by atoms with Crippen LogP contribution in [0.25, 0.3) is 0 Å². The normalized spacial score (nSPS) is 15.9. The van der Waals surface area contributed by atoms with Crippen LogP contribution in [-0.2, 0) is 14.3 Å². The second-order valence-corrected chi connectivity index (χ2v) is 5.65. The van der Waals surface area contributed by atoms with Gasteiger partial charge in [0.25, 0.3) is 0 Å². The first-order chi connectivity index (χ1) is 11.2. The van der Waals surface area contributed by atoms with E-state index >= 15 is 0 Å². The lowest BCUT2D eigenvalue weighted by Crippen LogP contribution is -2.16. The van der Waals surface area contributed by atoms with Gasteiger partial charge < -0.3 is 9.47 Å². The smallest absolute Gasteiger partial charge is 0.149 e. The molecule has 0 aromatic heterocycles. The number of hydrogen-bond donors (Lipinski definition) is 0. The molecule has 0 amide bonds. The molecule has 0 spiro atoms. The molecule has 4 heteroatoms. The summed E-state index contributed by atoms with van der Waals surface area (Å²) in [6.07, 6.45) is 8.81. The van der Waals surface area contributed by atoms with Gasteiger partial charge in [-0.2, -0.15) is 0 Å². The molecule has 0 fully saturated rings. The van der Waals surface area contributed by atoms with Crippen LogP contribution < -0.4 is 0 Å². The third-order valence-corrected chi connectivity index (χ3v) is 3.95. The van der Waals surface area contributed by atoms with Gasteiger partial charge in [0.1, 0.15) is 11.8 Å². The molecule has 0 saturated carbocycles. The van der Waals surface area contributed by atoms with Crippen LogP contribution in [0.1, 0.15) is 31.2 Å². The van der Waals surface area contributed by atoms with Gasteiger partial charge in [-0.3, -0.25) is 4.79 Å². The summed E-state index contributed by atoms with van der Waals surface area (Å²) in [5.41, 5.74) is 1.70. The standard InChI is InChI=1S/C12H17ClO2.C7H8O/c1-10(11-6-4-3-5-7-11)12(13)15-9-8-14-2;8-6-7-4-2-1-3-5-7/h3-7,10,12H,8-9H2,1-2H3;2,4-6H,1,3H2. The van der Waals surface area contributed by atoms with Crippen molar-refractivity contribution >= 4 is 17.9 Å². The molecule has 0 aliphatic heterocycles. The molecule has 1 aromatic carbocycles. The van der Waals surface area contributed by atoms with Crippen LogP contribution in [0.3, 0.4) is 0 Å². The Balaban J connectivity index is 0.000000277. The highest BCUT2D eigenvalue weighted by Crippen LogP contribution is 2.23. The number of carbonyl (C=O) groups is 1. The van der Waals surface area contributed by atoms with Crippen LogP contribution in [0.2, 0.25) is 0 Å². The number of hydrogen-bond acceptors (Lipinski definition) is 3. The predicted molar refractivity (Wildman–Crippen MR) is 94.8 cm³/mol. The highest BCUT2D eigenvalue weighted by molar-refractivity contribution is 6.20. The minimum atomic E-state index is -0.303. The van der Waals surface area contributed by atoms with E-state index in [-0.39, 0.29) is 11.5 Å². The summed E-state index contributed by atoms with van der Waals surface area (Å²) in [5, 5.41) is 0. The third-order valence-electron chi connectivity index (χ3n) is 3.44. The molecule has 0 heterocycles. The van der Waals surface area contributed by atoms with Gasteiger partial charge in [-0.25, -0.2) is 0 Å². The number of alkyl halides is 1. The number of allylic oxidation sites excluding steroid dienone is 4. The Kier molecular flexibility index (Phi) is 10.3. The van der Waals surface area contributed by atoms with Crippen molar-refractivity contribution in [2.24, 2.45) is 0 Å². The molecular weight excluding hydrogens is 312 g/mol. The summed E-state index contributed by atoms with van der Waals surface area (Å²) in [6, 6.07) is 10.1. The van der Waals surface area contributed by atoms with E-state index in [1.54, 1.807) is 7.11 Å². The van der Waals surface area contributed by atoms with Crippen LogP contribution >= 0.6 is 11.6 Å². The maximum absolute atomic E-state index is 10.0. The van der Waals surface area contributed by atoms with Gasteiger partial charge >= 0.3 is 0 Å². The summed E-state index contributed by atoms with van der Waals surface area (Å²) in [6.45, 7) is 3.16. The quantitative estimate of drug-likeness (QED) is 0.418. The first-order valence-corrected chi connectivity index (χ1v) is 8.24. The summed E-state index contributed by atoms with van der Waals surface area (Å²) in [4.78, 5) is 10.0. The first-order valence-electron chi connectivity index (χ1n) is 7.80. The van der Waals surface area contributed by atoms with E-state index in [1.807, 2.05) is 36.4 Å². The van der Waals surface area contributed by atoms with E-state index in [0.29, 0.717) is 13.2 Å². The van der Waals surface area contributed by atoms with Crippen LogP contribution in [0.4, 0.5) is 0 Å². The number of rotatable bonds is 7. The largest absolute Gasteiger partial charge is 0.382 e. The molecule has 1 aromatic rings. The van der Waals surface area contributed by atoms with Gasteiger partial charge in [0, 0.05) is 18.6 Å². The molecular formula is C19H25ClO3. The van der Waals surface area contributed by atoms with Gasteiger partial charge in [0.15, 0.2) is 0 Å². The molecule has 1 aliphatic rings. The average Bonchev–Trinajstić information content (AvgIpc) is 2.63. The van der Waals surface area contributed by atoms with E-state index < -0.39 is 0 Å². The average molecular weight is 337 g/mol. The first kappa shape index (κ1) is 19.6. The summed E-state index contributed by atoms with van der Waals surface area (Å²) < 4.78 is 10.3. The van der Waals surface area contributed by atoms with Crippen molar-refractivity contribution in [3.05, 3.63) is 59.7 Å². The van der Waals surface area contributed by atoms with Crippen molar-refractivity contribution in [2.45, 2.75) is 31.2 Å². The van der Waals surface area contributed by atoms with Crippen LogP contribution in [0, 0.1) is 0 Å². The Hall–Kier alpha value is -1.42. The second kappa shape index (κ2) is 12.1. The van der Waals surface area contributed by atoms with E-state index in [4.69, 9.17) is 21.1 Å². The number of methoxy groups -OCH3 is 1. The third kappa shape index (κ3) is 8.12. The number of aldehydes is 1. The predicted octanol–water partition coefficient (Wildman–Crippen LogP) is 4.48. The SMILES string of the molecule is COCCOC(Cl)C(C)c1ccccc1.O=CC1=CCCC=C1. The Labute approximate surface area is 143 Å². The van der Waals surface area contributed by atoms with E-state index in [0.717, 1.165) is 24.7 Å². The molecule has 126 valence electrons. The number of benzene rings is 1. The second-order valence-electron chi connectivity index (χ2n) is 5.22. The monoisotopic (exact) mass is 336 g/mol. The van der Waals surface area contributed by atoms with E-state index in [1.165, 1.54) is 5.56 Å². The summed E-state index contributed by atoms with van der Waals surface area (Å²) in [5.74, 6) is 0.185. The Morgan fingerprint density at radius 3 is 2.48 bits per heavy atom. The van der Waals surface area contributed by atoms with Crippen molar-refractivity contribution in [1.82, 2.24) is 0 Å². The van der Waals surface area contributed by atoms with E-state index in [9.17, 15) is 4.79 Å². The van der Waals surface area contributed by atoms with Gasteiger partial charge in [0.05, 0.1) is 13.2 Å². The molecule has 0 bridgehead atoms. The molecule has 2 unspecified atom stereocenters. The lowest BCUT2D eigenvalue weighted by Gasteiger charge is -2.18. The number of halogens is 1. The van der Waals surface area contributed by atoms with Crippen molar-refractivity contribution in [2.75, 3.05) is 20.3 Å². The fraction of sp³-hybridized carbons (Fsp3) is 0.421. The molecule has 1 aliphatic carbocycles. The Morgan fingerprint density at radius 1 is 1.22 bits per heavy atom. The van der Waals surface area contributed by atoms with Crippen molar-refractivity contribution in [1.29, 1.82) is 0 Å². The zero-order chi connectivity index (χ0) is 16.9. The molecule has 2 rings (SSSR count). The van der Waals surface area contributed by atoms with Crippen LogP contribution in [-0.4, -0.2) is 32.2 Å². The van der Waals surface area contributed by atoms with Crippen LogP contribution in [0.15, 0.2) is 54.1 Å². The fourth-order valence-corrected chi connectivity index (χ4v) is 2.25. The van der Waals surface area contributed by atoms with Gasteiger partial charge in [-0.15, -0.1) is 0 Å². The zero-order valence-corrected chi connectivity index (χ0v) is 14.5. The Bertz CT molecular complexity index is 497. The number of ether oxygens (including phenoxy) is 2. The lowest BCUT2D eigenvalue weighted by molar-refractivity contribution is -0.104. The molecule has 3 nitrogen and oxygen atoms in total. The van der Waals surface area contributed by atoms with Crippen molar-refractivity contribution < 1.29 is 14.3 Å². The van der Waals surface area contributed by atoms with Crippen molar-refractivity contribution in [3.63, 3.8) is 0 Å². The van der Waals surface area contributed by atoms with Crippen LogP contribution in [0.5, 0.6) is 0 Å². The highest BCUT2D eigenvalue weighted by atomic mass is 35.5. The summed E-state index contributed by atoms with van der Waals surface area (Å²) >= 11 is 6.12. The maximum Gasteiger partial charge on any atom is 0.149 e. The summed E-state index contributed by atoms with van der Waals surface area (Å²) in [7, 11) is 1.65. The van der Waals surface area contributed by atoms with E-state index in [2.05, 4.69) is 19.1 Å².